The molecule has 1 aliphatic carbocycles. The van der Waals surface area contributed by atoms with Crippen LogP contribution in [0.1, 0.15) is 44.6 Å². The van der Waals surface area contributed by atoms with Crippen molar-refractivity contribution in [3.05, 3.63) is 23.9 Å². The lowest BCUT2D eigenvalue weighted by Crippen LogP contribution is -2.37. The van der Waals surface area contributed by atoms with E-state index in [1.54, 1.807) is 12.3 Å². The zero-order chi connectivity index (χ0) is 11.4. The van der Waals surface area contributed by atoms with Gasteiger partial charge in [-0.05, 0) is 31.9 Å². The van der Waals surface area contributed by atoms with Gasteiger partial charge in [-0.3, -0.25) is 0 Å². The average molecular weight is 215 g/mol. The molecule has 16 heavy (non-hydrogen) atoms. The fraction of sp³-hybridized carbons (Fsp3) is 0.538. The molecule has 84 valence electrons. The third-order valence-electron chi connectivity index (χ3n) is 3.28. The molecule has 0 radical (unpaired) electrons. The van der Waals surface area contributed by atoms with Gasteiger partial charge in [0.15, 0.2) is 0 Å². The predicted octanol–water partition coefficient (Wildman–Crippen LogP) is 3.09. The van der Waals surface area contributed by atoms with Gasteiger partial charge in [0, 0.05) is 11.7 Å². The number of hydrogen-bond acceptors (Lipinski definition) is 3. The summed E-state index contributed by atoms with van der Waals surface area (Å²) < 4.78 is 0. The number of anilines is 1. The molecule has 1 heterocycles. The number of pyridine rings is 1. The molecule has 0 saturated heterocycles. The quantitative estimate of drug-likeness (QED) is 0.824. The van der Waals surface area contributed by atoms with Crippen molar-refractivity contribution in [2.45, 2.75) is 44.6 Å². The van der Waals surface area contributed by atoms with E-state index in [4.69, 9.17) is 5.26 Å². The molecular formula is C13H17N3. The summed E-state index contributed by atoms with van der Waals surface area (Å²) in [4.78, 5) is 4.26. The van der Waals surface area contributed by atoms with E-state index in [9.17, 15) is 0 Å². The van der Waals surface area contributed by atoms with Gasteiger partial charge in [-0.1, -0.05) is 19.3 Å². The zero-order valence-corrected chi connectivity index (χ0v) is 9.66. The first-order chi connectivity index (χ1) is 7.72. The van der Waals surface area contributed by atoms with Gasteiger partial charge in [0.25, 0.3) is 0 Å². The monoisotopic (exact) mass is 215 g/mol. The Labute approximate surface area is 96.5 Å². The number of nitrogens with one attached hydrogen (secondary N) is 1. The molecule has 0 aliphatic heterocycles. The van der Waals surface area contributed by atoms with E-state index < -0.39 is 0 Å². The normalized spacial score (nSPS) is 18.8. The van der Waals surface area contributed by atoms with Crippen molar-refractivity contribution in [1.82, 2.24) is 4.98 Å². The van der Waals surface area contributed by atoms with Crippen LogP contribution in [0.2, 0.25) is 0 Å². The predicted molar refractivity (Wildman–Crippen MR) is 64.1 cm³/mol. The van der Waals surface area contributed by atoms with Crippen LogP contribution < -0.4 is 5.32 Å². The van der Waals surface area contributed by atoms with Gasteiger partial charge in [0.05, 0.1) is 11.6 Å². The lowest BCUT2D eigenvalue weighted by Gasteiger charge is -2.35. The van der Waals surface area contributed by atoms with Gasteiger partial charge in [-0.25, -0.2) is 4.98 Å². The summed E-state index contributed by atoms with van der Waals surface area (Å²) >= 11 is 0. The third kappa shape index (κ3) is 2.52. The van der Waals surface area contributed by atoms with E-state index in [-0.39, 0.29) is 5.54 Å². The van der Waals surface area contributed by atoms with Crippen LogP contribution in [0.15, 0.2) is 18.3 Å². The van der Waals surface area contributed by atoms with E-state index >= 15 is 0 Å². The minimum absolute atomic E-state index is 0.152. The van der Waals surface area contributed by atoms with Crippen LogP contribution in [-0.2, 0) is 0 Å². The molecular weight excluding hydrogens is 198 g/mol. The third-order valence-corrected chi connectivity index (χ3v) is 3.28. The number of aromatic nitrogens is 1. The highest BCUT2D eigenvalue weighted by molar-refractivity contribution is 5.44. The lowest BCUT2D eigenvalue weighted by molar-refractivity contribution is 0.348. The highest BCUT2D eigenvalue weighted by Crippen LogP contribution is 2.30. The van der Waals surface area contributed by atoms with Gasteiger partial charge in [0.1, 0.15) is 5.82 Å². The Morgan fingerprint density at radius 2 is 2.12 bits per heavy atom. The smallest absolute Gasteiger partial charge is 0.127 e. The largest absolute Gasteiger partial charge is 0.365 e. The topological polar surface area (TPSA) is 48.7 Å². The van der Waals surface area contributed by atoms with Crippen molar-refractivity contribution in [1.29, 1.82) is 5.26 Å². The fourth-order valence-electron chi connectivity index (χ4n) is 2.33. The number of hydrogen-bond donors (Lipinski definition) is 1. The molecule has 1 fully saturated rings. The first-order valence-corrected chi connectivity index (χ1v) is 5.86. The zero-order valence-electron chi connectivity index (χ0n) is 9.66. The van der Waals surface area contributed by atoms with E-state index in [0.717, 1.165) is 5.82 Å². The Morgan fingerprint density at radius 3 is 2.81 bits per heavy atom. The molecule has 3 nitrogen and oxygen atoms in total. The van der Waals surface area contributed by atoms with Crippen LogP contribution >= 0.6 is 0 Å². The molecule has 1 aromatic heterocycles. The summed E-state index contributed by atoms with van der Waals surface area (Å²) in [7, 11) is 0. The van der Waals surface area contributed by atoms with Crippen molar-refractivity contribution in [3.8, 4) is 6.07 Å². The molecule has 0 aromatic carbocycles. The second kappa shape index (κ2) is 4.52. The van der Waals surface area contributed by atoms with Gasteiger partial charge >= 0.3 is 0 Å². The van der Waals surface area contributed by atoms with Crippen molar-refractivity contribution in [2.75, 3.05) is 5.32 Å². The standard InChI is InChI=1S/C13H17N3/c1-13(6-3-2-4-7-13)16-12-9-11(10-14)5-8-15-12/h5,8-9H,2-4,6-7H2,1H3,(H,15,16). The van der Waals surface area contributed by atoms with E-state index in [1.807, 2.05) is 6.07 Å². The Balaban J connectivity index is 2.10. The Bertz CT molecular complexity index is 400. The molecule has 0 amide bonds. The van der Waals surface area contributed by atoms with Crippen molar-refractivity contribution < 1.29 is 0 Å². The molecule has 1 aliphatic rings. The number of rotatable bonds is 2. The average Bonchev–Trinajstić information content (AvgIpc) is 2.29. The highest BCUT2D eigenvalue weighted by Gasteiger charge is 2.26. The molecule has 0 bridgehead atoms. The van der Waals surface area contributed by atoms with E-state index in [1.165, 1.54) is 32.1 Å². The Morgan fingerprint density at radius 1 is 1.38 bits per heavy atom. The van der Waals surface area contributed by atoms with Crippen LogP contribution in [0.4, 0.5) is 5.82 Å². The minimum atomic E-state index is 0.152. The summed E-state index contributed by atoms with van der Waals surface area (Å²) in [5.74, 6) is 0.823. The molecule has 1 N–H and O–H groups in total. The molecule has 0 atom stereocenters. The van der Waals surface area contributed by atoms with Crippen LogP contribution in [0, 0.1) is 11.3 Å². The maximum atomic E-state index is 8.83. The van der Waals surface area contributed by atoms with Crippen LogP contribution in [0.3, 0.4) is 0 Å². The Hall–Kier alpha value is -1.56. The minimum Gasteiger partial charge on any atom is -0.365 e. The summed E-state index contributed by atoms with van der Waals surface area (Å²) in [6.45, 7) is 2.24. The van der Waals surface area contributed by atoms with Gasteiger partial charge in [-0.15, -0.1) is 0 Å². The highest BCUT2D eigenvalue weighted by atomic mass is 15.0. The van der Waals surface area contributed by atoms with Crippen LogP contribution in [-0.4, -0.2) is 10.5 Å². The van der Waals surface area contributed by atoms with Gasteiger partial charge < -0.3 is 5.32 Å². The summed E-state index contributed by atoms with van der Waals surface area (Å²) in [6, 6.07) is 5.69. The fourth-order valence-corrected chi connectivity index (χ4v) is 2.33. The summed E-state index contributed by atoms with van der Waals surface area (Å²) in [5, 5.41) is 12.3. The van der Waals surface area contributed by atoms with Gasteiger partial charge in [0.2, 0.25) is 0 Å². The molecule has 2 rings (SSSR count). The first kappa shape index (κ1) is 10.9. The first-order valence-electron chi connectivity index (χ1n) is 5.86. The lowest BCUT2D eigenvalue weighted by atomic mass is 9.83. The second-order valence-electron chi connectivity index (χ2n) is 4.79. The summed E-state index contributed by atoms with van der Waals surface area (Å²) in [5.41, 5.74) is 0.816. The van der Waals surface area contributed by atoms with Crippen molar-refractivity contribution in [3.63, 3.8) is 0 Å². The van der Waals surface area contributed by atoms with Crippen LogP contribution in [0.25, 0.3) is 0 Å². The molecule has 3 heteroatoms. The van der Waals surface area contributed by atoms with E-state index in [2.05, 4.69) is 23.3 Å². The van der Waals surface area contributed by atoms with Crippen molar-refractivity contribution in [2.24, 2.45) is 0 Å². The maximum Gasteiger partial charge on any atom is 0.127 e. The molecule has 1 saturated carbocycles. The van der Waals surface area contributed by atoms with Crippen LogP contribution in [0.5, 0.6) is 0 Å². The molecule has 1 aromatic rings. The Kier molecular flexibility index (Phi) is 3.09. The van der Waals surface area contributed by atoms with Gasteiger partial charge in [-0.2, -0.15) is 5.26 Å². The number of nitrogens with zero attached hydrogens (tertiary/aromatic N) is 2. The SMILES string of the molecule is CC1(Nc2cc(C#N)ccn2)CCCCC1. The maximum absolute atomic E-state index is 8.83. The summed E-state index contributed by atoms with van der Waals surface area (Å²) in [6.07, 6.45) is 7.95. The molecule has 0 unspecified atom stereocenters. The van der Waals surface area contributed by atoms with E-state index in [0.29, 0.717) is 5.56 Å². The molecule has 0 spiro atoms. The van der Waals surface area contributed by atoms with Crippen molar-refractivity contribution >= 4 is 5.82 Å². The second-order valence-corrected chi connectivity index (χ2v) is 4.79. The number of nitriles is 1.